The highest BCUT2D eigenvalue weighted by atomic mass is 19.1. The van der Waals surface area contributed by atoms with Crippen LogP contribution in [0.1, 0.15) is 36.2 Å². The molecule has 3 aromatic rings. The Morgan fingerprint density at radius 1 is 1.08 bits per heavy atom. The highest BCUT2D eigenvalue weighted by Crippen LogP contribution is 2.38. The molecule has 0 amide bonds. The number of likely N-dealkylation sites (N-methyl/N-ethyl adjacent to an activating group) is 1. The lowest BCUT2D eigenvalue weighted by Crippen LogP contribution is -2.31. The average molecular weight is 336 g/mol. The number of benzene rings is 2. The summed E-state index contributed by atoms with van der Waals surface area (Å²) in [6.07, 6.45) is 3.05. The number of fused-ring (bicyclic) bond motifs is 3. The average Bonchev–Trinajstić information content (AvgIpc) is 2.95. The molecular formula is C22H25FN2. The van der Waals surface area contributed by atoms with Gasteiger partial charge in [-0.3, -0.25) is 4.90 Å². The van der Waals surface area contributed by atoms with Crippen LogP contribution in [0.15, 0.2) is 48.5 Å². The van der Waals surface area contributed by atoms with E-state index >= 15 is 0 Å². The van der Waals surface area contributed by atoms with Crippen molar-refractivity contribution in [3.05, 3.63) is 71.2 Å². The Hall–Kier alpha value is -2.13. The lowest BCUT2D eigenvalue weighted by atomic mass is 9.97. The molecule has 1 aromatic heterocycles. The third kappa shape index (κ3) is 2.87. The Balaban J connectivity index is 1.71. The van der Waals surface area contributed by atoms with Crippen molar-refractivity contribution in [1.29, 1.82) is 0 Å². The standard InChI is InChI=1S/C22H25FN2/c1-16-21-18-11-6-12-19(23)22(18)25(20(21)13-15-24(16)2)14-7-10-17-8-4-3-5-9-17/h3-6,8-9,11-12,16H,7,10,13-15H2,1-2H3. The molecule has 0 fully saturated rings. The van der Waals surface area contributed by atoms with Crippen molar-refractivity contribution < 1.29 is 4.39 Å². The lowest BCUT2D eigenvalue weighted by molar-refractivity contribution is 0.245. The van der Waals surface area contributed by atoms with Crippen LogP contribution in [-0.4, -0.2) is 23.1 Å². The second-order valence-corrected chi connectivity index (χ2v) is 7.14. The van der Waals surface area contributed by atoms with E-state index in [9.17, 15) is 4.39 Å². The topological polar surface area (TPSA) is 8.17 Å². The fraction of sp³-hybridized carbons (Fsp3) is 0.364. The smallest absolute Gasteiger partial charge is 0.147 e. The number of nitrogens with zero attached hydrogens (tertiary/aromatic N) is 2. The van der Waals surface area contributed by atoms with E-state index < -0.39 is 0 Å². The van der Waals surface area contributed by atoms with Crippen molar-refractivity contribution in [3.63, 3.8) is 0 Å². The second kappa shape index (κ2) is 6.64. The zero-order chi connectivity index (χ0) is 17.4. The van der Waals surface area contributed by atoms with Gasteiger partial charge in [0, 0.05) is 36.6 Å². The van der Waals surface area contributed by atoms with Gasteiger partial charge in [0.15, 0.2) is 0 Å². The van der Waals surface area contributed by atoms with Crippen LogP contribution in [0.4, 0.5) is 4.39 Å². The maximum Gasteiger partial charge on any atom is 0.147 e. The molecule has 1 aliphatic rings. The van der Waals surface area contributed by atoms with E-state index in [4.69, 9.17) is 0 Å². The van der Waals surface area contributed by atoms with Crippen LogP contribution in [0.3, 0.4) is 0 Å². The minimum atomic E-state index is -0.0959. The third-order valence-electron chi connectivity index (χ3n) is 5.65. The zero-order valence-electron chi connectivity index (χ0n) is 15.0. The Morgan fingerprint density at radius 2 is 1.88 bits per heavy atom. The van der Waals surface area contributed by atoms with Gasteiger partial charge < -0.3 is 4.57 Å². The van der Waals surface area contributed by atoms with E-state index in [0.29, 0.717) is 6.04 Å². The van der Waals surface area contributed by atoms with Crippen LogP contribution in [-0.2, 0) is 19.4 Å². The summed E-state index contributed by atoms with van der Waals surface area (Å²) in [6, 6.07) is 16.4. The molecule has 25 heavy (non-hydrogen) atoms. The van der Waals surface area contributed by atoms with Crippen LogP contribution in [0.2, 0.25) is 0 Å². The molecule has 0 saturated heterocycles. The van der Waals surface area contributed by atoms with Crippen molar-refractivity contribution in [1.82, 2.24) is 9.47 Å². The van der Waals surface area contributed by atoms with E-state index in [1.165, 1.54) is 16.8 Å². The van der Waals surface area contributed by atoms with Crippen molar-refractivity contribution in [3.8, 4) is 0 Å². The number of aryl methyl sites for hydroxylation is 2. The molecule has 2 nitrogen and oxygen atoms in total. The molecule has 2 aromatic carbocycles. The van der Waals surface area contributed by atoms with Gasteiger partial charge in [0.2, 0.25) is 0 Å². The molecule has 0 bridgehead atoms. The number of aromatic nitrogens is 1. The Bertz CT molecular complexity index is 882. The number of rotatable bonds is 4. The summed E-state index contributed by atoms with van der Waals surface area (Å²) in [5, 5.41) is 1.09. The van der Waals surface area contributed by atoms with Crippen LogP contribution in [0.5, 0.6) is 0 Å². The zero-order valence-corrected chi connectivity index (χ0v) is 15.0. The fourth-order valence-electron chi connectivity index (χ4n) is 4.21. The van der Waals surface area contributed by atoms with Gasteiger partial charge in [-0.1, -0.05) is 42.5 Å². The number of halogens is 1. The van der Waals surface area contributed by atoms with E-state index in [1.54, 1.807) is 6.07 Å². The second-order valence-electron chi connectivity index (χ2n) is 7.14. The van der Waals surface area contributed by atoms with Crippen LogP contribution >= 0.6 is 0 Å². The Labute approximate surface area is 148 Å². The van der Waals surface area contributed by atoms with Gasteiger partial charge in [-0.2, -0.15) is 0 Å². The van der Waals surface area contributed by atoms with E-state index in [1.807, 2.05) is 12.1 Å². The molecule has 1 unspecified atom stereocenters. The summed E-state index contributed by atoms with van der Waals surface area (Å²) in [6.45, 7) is 4.14. The van der Waals surface area contributed by atoms with Crippen molar-refractivity contribution in [2.45, 2.75) is 38.8 Å². The molecule has 2 heterocycles. The predicted octanol–water partition coefficient (Wildman–Crippen LogP) is 4.96. The quantitative estimate of drug-likeness (QED) is 0.653. The summed E-state index contributed by atoms with van der Waals surface area (Å²) in [7, 11) is 2.16. The van der Waals surface area contributed by atoms with Crippen molar-refractivity contribution in [2.24, 2.45) is 0 Å². The van der Waals surface area contributed by atoms with E-state index in [-0.39, 0.29) is 5.82 Å². The van der Waals surface area contributed by atoms with Gasteiger partial charge in [-0.05, 0) is 44.0 Å². The first-order chi connectivity index (χ1) is 12.2. The summed E-state index contributed by atoms with van der Waals surface area (Å²) in [5.41, 5.74) is 4.80. The molecule has 0 aliphatic carbocycles. The monoisotopic (exact) mass is 336 g/mol. The minimum Gasteiger partial charge on any atom is -0.342 e. The molecule has 3 heteroatoms. The predicted molar refractivity (Wildman–Crippen MR) is 101 cm³/mol. The molecule has 4 rings (SSSR count). The van der Waals surface area contributed by atoms with E-state index in [2.05, 4.69) is 53.8 Å². The number of para-hydroxylation sites is 1. The SMILES string of the molecule is CC1c2c(n(CCCc3ccccc3)c3c(F)cccc23)CCN1C. The van der Waals surface area contributed by atoms with Gasteiger partial charge in [-0.25, -0.2) is 4.39 Å². The van der Waals surface area contributed by atoms with Gasteiger partial charge in [0.1, 0.15) is 5.82 Å². The molecule has 1 aliphatic heterocycles. The first-order valence-corrected chi connectivity index (χ1v) is 9.20. The number of hydrogen-bond donors (Lipinski definition) is 0. The van der Waals surface area contributed by atoms with E-state index in [0.717, 1.165) is 43.3 Å². The summed E-state index contributed by atoms with van der Waals surface area (Å²) in [5.74, 6) is -0.0959. The first-order valence-electron chi connectivity index (χ1n) is 9.20. The maximum atomic E-state index is 14.7. The first kappa shape index (κ1) is 16.3. The summed E-state index contributed by atoms with van der Waals surface area (Å²) >= 11 is 0. The van der Waals surface area contributed by atoms with Crippen LogP contribution in [0.25, 0.3) is 10.9 Å². The largest absolute Gasteiger partial charge is 0.342 e. The highest BCUT2D eigenvalue weighted by molar-refractivity contribution is 5.87. The van der Waals surface area contributed by atoms with Gasteiger partial charge in [0.05, 0.1) is 5.52 Å². The molecular weight excluding hydrogens is 311 g/mol. The molecule has 0 spiro atoms. The lowest BCUT2D eigenvalue weighted by Gasteiger charge is -2.31. The molecule has 0 N–H and O–H groups in total. The number of hydrogen-bond acceptors (Lipinski definition) is 1. The molecule has 0 radical (unpaired) electrons. The Kier molecular flexibility index (Phi) is 4.34. The highest BCUT2D eigenvalue weighted by Gasteiger charge is 2.28. The van der Waals surface area contributed by atoms with Crippen molar-refractivity contribution >= 4 is 10.9 Å². The molecule has 1 atom stereocenters. The van der Waals surface area contributed by atoms with Gasteiger partial charge in [0.25, 0.3) is 0 Å². The Morgan fingerprint density at radius 3 is 2.68 bits per heavy atom. The van der Waals surface area contributed by atoms with Crippen LogP contribution in [0, 0.1) is 5.82 Å². The van der Waals surface area contributed by atoms with Crippen LogP contribution < -0.4 is 0 Å². The minimum absolute atomic E-state index is 0.0959. The summed E-state index contributed by atoms with van der Waals surface area (Å²) in [4.78, 5) is 2.36. The maximum absolute atomic E-state index is 14.7. The van der Waals surface area contributed by atoms with Gasteiger partial charge in [-0.15, -0.1) is 0 Å². The molecule has 0 saturated carbocycles. The van der Waals surface area contributed by atoms with Gasteiger partial charge >= 0.3 is 0 Å². The summed E-state index contributed by atoms with van der Waals surface area (Å²) < 4.78 is 16.9. The molecule has 130 valence electrons. The fourth-order valence-corrected chi connectivity index (χ4v) is 4.21. The normalized spacial score (nSPS) is 17.8. The third-order valence-corrected chi connectivity index (χ3v) is 5.65. The van der Waals surface area contributed by atoms with Crippen molar-refractivity contribution in [2.75, 3.05) is 13.6 Å².